The first-order valence-corrected chi connectivity index (χ1v) is 19.0. The molecular weight excluding hydrogens is 580 g/mol. The smallest absolute Gasteiger partial charge is 0.410 e. The average Bonchev–Trinajstić information content (AvgIpc) is 3.56. The van der Waals surface area contributed by atoms with Crippen LogP contribution in [0.5, 0.6) is 0 Å². The molecule has 8 heteroatoms. The first-order chi connectivity index (χ1) is 21.7. The number of hydrogen-bond acceptors (Lipinski definition) is 6. The number of fused-ring (bicyclic) bond motifs is 4. The highest BCUT2D eigenvalue weighted by Crippen LogP contribution is 2.89. The molecule has 2 spiro atoms. The lowest BCUT2D eigenvalue weighted by molar-refractivity contribution is -0.186. The zero-order valence-corrected chi connectivity index (χ0v) is 29.6. The Morgan fingerprint density at radius 2 is 1.50 bits per heavy atom. The average molecular weight is 641 g/mol. The van der Waals surface area contributed by atoms with E-state index in [1.165, 1.54) is 12.8 Å². The highest BCUT2D eigenvalue weighted by Gasteiger charge is 2.84. The summed E-state index contributed by atoms with van der Waals surface area (Å²) in [6.07, 6.45) is 9.36. The van der Waals surface area contributed by atoms with Gasteiger partial charge in [0.05, 0.1) is 18.3 Å². The van der Waals surface area contributed by atoms with Gasteiger partial charge >= 0.3 is 12.2 Å². The van der Waals surface area contributed by atoms with Crippen molar-refractivity contribution in [1.82, 2.24) is 9.80 Å². The van der Waals surface area contributed by atoms with Gasteiger partial charge in [-0.3, -0.25) is 0 Å². The lowest BCUT2D eigenvalue weighted by Gasteiger charge is -2.63. The number of aliphatic hydroxyl groups is 1. The van der Waals surface area contributed by atoms with E-state index < -0.39 is 6.10 Å². The van der Waals surface area contributed by atoms with Gasteiger partial charge in [0.2, 0.25) is 0 Å². The van der Waals surface area contributed by atoms with E-state index in [1.54, 1.807) is 4.90 Å². The minimum absolute atomic E-state index is 0.00485. The molecule has 1 N–H and O–H groups in total. The quantitative estimate of drug-likeness (QED) is 0.361. The Hall–Kier alpha value is -1.54. The first-order valence-electron chi connectivity index (χ1n) is 19.0. The van der Waals surface area contributed by atoms with E-state index in [0.717, 1.165) is 77.5 Å². The Morgan fingerprint density at radius 1 is 0.870 bits per heavy atom. The number of aliphatic hydroxyl groups excluding tert-OH is 1. The predicted molar refractivity (Wildman–Crippen MR) is 174 cm³/mol. The molecule has 0 radical (unpaired) electrons. The number of amides is 2. The Kier molecular flexibility index (Phi) is 7.06. The Balaban J connectivity index is 1.04. The lowest BCUT2D eigenvalue weighted by atomic mass is 9.41. The van der Waals surface area contributed by atoms with Crippen LogP contribution >= 0.6 is 0 Å². The summed E-state index contributed by atoms with van der Waals surface area (Å²) in [5.41, 5.74) is 0.263. The fraction of sp³-hybridized carbons (Fsp3) is 0.947. The number of ether oxygens (including phenoxy) is 3. The van der Waals surface area contributed by atoms with E-state index in [2.05, 4.69) is 48.5 Å². The molecule has 4 unspecified atom stereocenters. The van der Waals surface area contributed by atoms with Gasteiger partial charge in [0.15, 0.2) is 0 Å². The molecule has 0 aromatic carbocycles. The number of carbonyl (C=O) groups is 2. The summed E-state index contributed by atoms with van der Waals surface area (Å²) >= 11 is 0. The molecule has 5 aliphatic carbocycles. The minimum atomic E-state index is -0.537. The van der Waals surface area contributed by atoms with E-state index >= 15 is 0 Å². The maximum absolute atomic E-state index is 12.9. The second-order valence-electron chi connectivity index (χ2n) is 18.7. The molecule has 8 nitrogen and oxygen atoms in total. The molecule has 3 heterocycles. The highest BCUT2D eigenvalue weighted by molar-refractivity contribution is 5.69. The molecule has 2 amide bonds. The van der Waals surface area contributed by atoms with Gasteiger partial charge in [0.25, 0.3) is 0 Å². The van der Waals surface area contributed by atoms with Gasteiger partial charge in [-0.25, -0.2) is 9.59 Å². The summed E-state index contributed by atoms with van der Waals surface area (Å²) < 4.78 is 19.4. The summed E-state index contributed by atoms with van der Waals surface area (Å²) in [7, 11) is 0. The number of hydrogen-bond donors (Lipinski definition) is 1. The van der Waals surface area contributed by atoms with Crippen molar-refractivity contribution in [2.75, 3.05) is 26.2 Å². The van der Waals surface area contributed by atoms with Gasteiger partial charge in [-0.2, -0.15) is 0 Å². The van der Waals surface area contributed by atoms with Crippen molar-refractivity contribution in [2.24, 2.45) is 56.7 Å². The monoisotopic (exact) mass is 640 g/mol. The van der Waals surface area contributed by atoms with Crippen LogP contribution in [0.3, 0.4) is 0 Å². The third kappa shape index (κ3) is 3.92. The van der Waals surface area contributed by atoms with E-state index in [4.69, 9.17) is 14.2 Å². The summed E-state index contributed by atoms with van der Waals surface area (Å²) in [5.74, 6) is 1.81. The Morgan fingerprint density at radius 3 is 2.13 bits per heavy atom. The third-order valence-electron chi connectivity index (χ3n) is 16.5. The zero-order valence-electron chi connectivity index (χ0n) is 29.6. The van der Waals surface area contributed by atoms with Crippen LogP contribution < -0.4 is 0 Å². The number of rotatable bonds is 4. The largest absolute Gasteiger partial charge is 0.446 e. The minimum Gasteiger partial charge on any atom is -0.446 e. The van der Waals surface area contributed by atoms with Crippen LogP contribution in [-0.4, -0.2) is 83.8 Å². The van der Waals surface area contributed by atoms with Crippen molar-refractivity contribution in [3.8, 4) is 0 Å². The van der Waals surface area contributed by atoms with Crippen LogP contribution in [0.4, 0.5) is 9.59 Å². The summed E-state index contributed by atoms with van der Waals surface area (Å²) in [4.78, 5) is 29.4. The van der Waals surface area contributed by atoms with Crippen LogP contribution in [0, 0.1) is 56.7 Å². The number of nitrogens with zero attached hydrogens (tertiary/aromatic N) is 2. The molecule has 0 aromatic rings. The number of carbonyl (C=O) groups excluding carboxylic acids is 2. The molecule has 0 bridgehead atoms. The molecule has 8 rings (SSSR count). The molecule has 13 atom stereocenters. The SMILES string of the molecule is CC(C)[C@@H](OC(=O)N1CCC1)C1C[C@@H](C)[C@H]2C(O1)[C@H](O)[C@@]1(C)C3CC[C@H]4C(C)(C)C(OC(=O)N5CCC5)CC[C@@]45C[C@@]35CC[C@]21C. The molecule has 8 fully saturated rings. The molecule has 258 valence electrons. The predicted octanol–water partition coefficient (Wildman–Crippen LogP) is 6.88. The van der Waals surface area contributed by atoms with Crippen molar-refractivity contribution >= 4 is 12.2 Å². The zero-order chi connectivity index (χ0) is 32.6. The molecule has 0 aromatic heterocycles. The van der Waals surface area contributed by atoms with E-state index in [0.29, 0.717) is 29.1 Å². The second kappa shape index (κ2) is 10.2. The summed E-state index contributed by atoms with van der Waals surface area (Å²) in [6.45, 7) is 19.5. The third-order valence-corrected chi connectivity index (χ3v) is 16.5. The normalized spacial score (nSPS) is 50.5. The molecule has 3 aliphatic heterocycles. The van der Waals surface area contributed by atoms with Crippen molar-refractivity contribution < 1.29 is 28.9 Å². The molecule has 46 heavy (non-hydrogen) atoms. The van der Waals surface area contributed by atoms with Gasteiger partial charge in [-0.05, 0) is 110 Å². The van der Waals surface area contributed by atoms with E-state index in [-0.39, 0.29) is 64.2 Å². The van der Waals surface area contributed by atoms with Gasteiger partial charge in [-0.15, -0.1) is 0 Å². The van der Waals surface area contributed by atoms with Gasteiger partial charge in [0.1, 0.15) is 12.2 Å². The fourth-order valence-electron chi connectivity index (χ4n) is 13.8. The number of likely N-dealkylation sites (tertiary alicyclic amines) is 2. The summed E-state index contributed by atoms with van der Waals surface area (Å²) in [5, 5.41) is 12.6. The molecule has 5 saturated carbocycles. The second-order valence-corrected chi connectivity index (χ2v) is 18.7. The maximum Gasteiger partial charge on any atom is 0.410 e. The molecule has 8 aliphatic rings. The highest BCUT2D eigenvalue weighted by atomic mass is 16.6. The van der Waals surface area contributed by atoms with Crippen molar-refractivity contribution in [3.63, 3.8) is 0 Å². The van der Waals surface area contributed by atoms with Crippen LogP contribution in [0.25, 0.3) is 0 Å². The van der Waals surface area contributed by atoms with Gasteiger partial charge < -0.3 is 29.1 Å². The van der Waals surface area contributed by atoms with Crippen molar-refractivity contribution in [2.45, 2.75) is 143 Å². The Labute approximate surface area is 276 Å². The Bertz CT molecular complexity index is 1260. The van der Waals surface area contributed by atoms with E-state index in [1.807, 2.05) is 4.90 Å². The lowest BCUT2D eigenvalue weighted by Crippen LogP contribution is -2.60. The van der Waals surface area contributed by atoms with Gasteiger partial charge in [-0.1, -0.05) is 48.5 Å². The van der Waals surface area contributed by atoms with Crippen molar-refractivity contribution in [1.29, 1.82) is 0 Å². The topological polar surface area (TPSA) is 88.5 Å². The van der Waals surface area contributed by atoms with Crippen molar-refractivity contribution in [3.05, 3.63) is 0 Å². The van der Waals surface area contributed by atoms with Crippen LogP contribution in [0.1, 0.15) is 113 Å². The first kappa shape index (κ1) is 31.7. The van der Waals surface area contributed by atoms with Crippen LogP contribution in [0.2, 0.25) is 0 Å². The summed E-state index contributed by atoms with van der Waals surface area (Å²) in [6, 6.07) is 0. The molecule has 3 saturated heterocycles. The standard InChI is InChI=1S/C38H60N2O6/c1-22(2)29(46-33(43)40-18-9-19-40)24-20-23(3)28-30(44-24)31(41)36(7)26-11-10-25-34(4,5)27(45-32(42)39-16-8-17-39)12-13-37(25)21-38(26,37)15-14-35(28,36)6/h22-31,41H,8-21H2,1-7H3/t23-,24?,25+,26?,27?,28+,29-,30?,31+,35-,36-,37-,38+/m1/s1. The van der Waals surface area contributed by atoms with Gasteiger partial charge in [0, 0.05) is 37.0 Å². The van der Waals surface area contributed by atoms with E-state index in [9.17, 15) is 14.7 Å². The molecular formula is C38H60N2O6. The fourth-order valence-corrected chi connectivity index (χ4v) is 13.8. The van der Waals surface area contributed by atoms with Crippen LogP contribution in [0.15, 0.2) is 0 Å². The van der Waals surface area contributed by atoms with Crippen LogP contribution in [-0.2, 0) is 14.2 Å². The maximum atomic E-state index is 12.9.